The molecular formula is C20H29Cl2N7. The second-order valence-corrected chi connectivity index (χ2v) is 7.03. The number of nitrogens with two attached hydrogens (primary N) is 2. The highest BCUT2D eigenvalue weighted by Crippen LogP contribution is 2.24. The number of piperidine rings is 1. The van der Waals surface area contributed by atoms with E-state index in [1.54, 1.807) is 12.1 Å². The van der Waals surface area contributed by atoms with Gasteiger partial charge in [-0.3, -0.25) is 0 Å². The van der Waals surface area contributed by atoms with Gasteiger partial charge in [0.2, 0.25) is 5.95 Å². The summed E-state index contributed by atoms with van der Waals surface area (Å²) < 4.78 is 0. The van der Waals surface area contributed by atoms with Crippen molar-refractivity contribution in [3.63, 3.8) is 0 Å². The number of aromatic nitrogens is 2. The Morgan fingerprint density at radius 1 is 1.28 bits per heavy atom. The number of benzene rings is 1. The number of hydrogen-bond donors (Lipinski definition) is 3. The summed E-state index contributed by atoms with van der Waals surface area (Å²) in [5.74, 6) is 1.44. The van der Waals surface area contributed by atoms with Gasteiger partial charge in [-0.1, -0.05) is 13.3 Å². The zero-order valence-electron chi connectivity index (χ0n) is 16.6. The second-order valence-electron chi connectivity index (χ2n) is 7.03. The summed E-state index contributed by atoms with van der Waals surface area (Å²) in [6.07, 6.45) is 5.22. The zero-order valence-corrected chi connectivity index (χ0v) is 18.2. The van der Waals surface area contributed by atoms with E-state index in [9.17, 15) is 5.26 Å². The maximum Gasteiger partial charge on any atom is 0.229 e. The van der Waals surface area contributed by atoms with Gasteiger partial charge >= 0.3 is 0 Å². The third-order valence-electron chi connectivity index (χ3n) is 4.76. The lowest BCUT2D eigenvalue weighted by atomic mass is 10.1. The molecule has 29 heavy (non-hydrogen) atoms. The van der Waals surface area contributed by atoms with Crippen LogP contribution in [0, 0.1) is 11.3 Å². The van der Waals surface area contributed by atoms with Crippen LogP contribution >= 0.6 is 24.8 Å². The molecule has 5 N–H and O–H groups in total. The van der Waals surface area contributed by atoms with Gasteiger partial charge in [0.05, 0.1) is 5.56 Å². The summed E-state index contributed by atoms with van der Waals surface area (Å²) in [6.45, 7) is 3.94. The number of nitrogens with one attached hydrogen (secondary N) is 1. The van der Waals surface area contributed by atoms with Crippen molar-refractivity contribution in [2.45, 2.75) is 45.1 Å². The zero-order chi connectivity index (χ0) is 19.2. The van der Waals surface area contributed by atoms with Crippen LogP contribution in [-0.4, -0.2) is 29.1 Å². The molecule has 0 spiro atoms. The van der Waals surface area contributed by atoms with Crippen LogP contribution in [0.15, 0.2) is 24.3 Å². The number of nitrogens with zero attached hydrogens (tertiary/aromatic N) is 4. The molecule has 1 saturated heterocycles. The van der Waals surface area contributed by atoms with Gasteiger partial charge in [-0.25, -0.2) is 4.98 Å². The molecule has 9 heteroatoms. The number of halogens is 2. The van der Waals surface area contributed by atoms with Gasteiger partial charge in [0, 0.05) is 42.3 Å². The van der Waals surface area contributed by atoms with Crippen molar-refractivity contribution in [3.8, 4) is 6.07 Å². The van der Waals surface area contributed by atoms with Crippen LogP contribution in [0.25, 0.3) is 0 Å². The Labute approximate surface area is 184 Å². The van der Waals surface area contributed by atoms with E-state index in [-0.39, 0.29) is 30.9 Å². The van der Waals surface area contributed by atoms with Gasteiger partial charge in [0.1, 0.15) is 11.9 Å². The maximum atomic E-state index is 9.18. The second kappa shape index (κ2) is 11.7. The van der Waals surface area contributed by atoms with E-state index in [1.165, 1.54) is 0 Å². The van der Waals surface area contributed by atoms with E-state index in [1.807, 2.05) is 6.07 Å². The molecule has 2 heterocycles. The van der Waals surface area contributed by atoms with Crippen LogP contribution in [0.1, 0.15) is 43.9 Å². The molecule has 1 aromatic heterocycles. The molecule has 1 atom stereocenters. The van der Waals surface area contributed by atoms with E-state index in [2.05, 4.69) is 34.3 Å². The topological polar surface area (TPSA) is 117 Å². The van der Waals surface area contributed by atoms with Gasteiger partial charge in [-0.15, -0.1) is 24.8 Å². The highest BCUT2D eigenvalue weighted by molar-refractivity contribution is 5.85. The lowest BCUT2D eigenvalue weighted by molar-refractivity contribution is 0.503. The van der Waals surface area contributed by atoms with Gasteiger partial charge in [-0.05, 0) is 43.9 Å². The van der Waals surface area contributed by atoms with Crippen molar-refractivity contribution in [1.29, 1.82) is 5.26 Å². The molecule has 1 aromatic carbocycles. The Hall–Kier alpha value is -2.27. The van der Waals surface area contributed by atoms with Crippen molar-refractivity contribution in [1.82, 2.24) is 9.97 Å². The van der Waals surface area contributed by atoms with Crippen molar-refractivity contribution in [3.05, 3.63) is 35.5 Å². The van der Waals surface area contributed by atoms with Crippen LogP contribution in [-0.2, 0) is 6.42 Å². The smallest absolute Gasteiger partial charge is 0.229 e. The molecule has 1 aliphatic heterocycles. The molecule has 0 saturated carbocycles. The van der Waals surface area contributed by atoms with Gasteiger partial charge in [0.25, 0.3) is 0 Å². The van der Waals surface area contributed by atoms with E-state index in [0.717, 1.165) is 62.4 Å². The molecule has 0 bridgehead atoms. The normalized spacial score (nSPS) is 15.6. The summed E-state index contributed by atoms with van der Waals surface area (Å²) in [6, 6.07) is 9.61. The minimum absolute atomic E-state index is 0. The van der Waals surface area contributed by atoms with Crippen molar-refractivity contribution in [2.24, 2.45) is 5.73 Å². The lowest BCUT2D eigenvalue weighted by Gasteiger charge is -2.32. The quantitative estimate of drug-likeness (QED) is 0.588. The third-order valence-corrected chi connectivity index (χ3v) is 4.76. The van der Waals surface area contributed by atoms with Crippen LogP contribution in [0.4, 0.5) is 23.1 Å². The Balaban J connectivity index is 0.00000210. The Morgan fingerprint density at radius 3 is 2.76 bits per heavy atom. The first-order chi connectivity index (χ1) is 13.1. The first-order valence-corrected chi connectivity index (χ1v) is 9.54. The number of unbranched alkanes of at least 4 members (excludes halogenated alkanes) is 1. The average molecular weight is 438 g/mol. The van der Waals surface area contributed by atoms with Gasteiger partial charge < -0.3 is 21.7 Å². The molecule has 0 radical (unpaired) electrons. The van der Waals surface area contributed by atoms with E-state index in [0.29, 0.717) is 17.2 Å². The molecule has 0 aliphatic carbocycles. The predicted molar refractivity (Wildman–Crippen MR) is 123 cm³/mol. The lowest BCUT2D eigenvalue weighted by Crippen LogP contribution is -2.43. The van der Waals surface area contributed by atoms with Crippen LogP contribution < -0.4 is 21.7 Å². The fraction of sp³-hybridized carbons (Fsp3) is 0.450. The van der Waals surface area contributed by atoms with Crippen LogP contribution in [0.5, 0.6) is 0 Å². The molecule has 2 aromatic rings. The first kappa shape index (κ1) is 24.8. The number of hydrogen-bond acceptors (Lipinski definition) is 7. The SMILES string of the molecule is CCCCc1cc(N2CCCC(N)C2)nc(Nc2ccc(N)c(C#N)c2)n1.Cl.Cl. The molecule has 1 fully saturated rings. The van der Waals surface area contributed by atoms with E-state index < -0.39 is 0 Å². The standard InChI is InChI=1S/C20H27N7.2ClH/c1-2-3-6-16-11-19(27-9-4-5-15(22)13-27)26-20(24-16)25-17-7-8-18(23)14(10-17)12-21;;/h7-8,10-11,15H,2-6,9,13,22-23H2,1H3,(H,24,25,26);2*1H. The highest BCUT2D eigenvalue weighted by atomic mass is 35.5. The third kappa shape index (κ3) is 6.64. The molecule has 7 nitrogen and oxygen atoms in total. The van der Waals surface area contributed by atoms with Crippen molar-refractivity contribution in [2.75, 3.05) is 29.0 Å². The van der Waals surface area contributed by atoms with E-state index >= 15 is 0 Å². The fourth-order valence-electron chi connectivity index (χ4n) is 3.26. The monoisotopic (exact) mass is 437 g/mol. The molecular weight excluding hydrogens is 409 g/mol. The minimum Gasteiger partial charge on any atom is -0.398 e. The summed E-state index contributed by atoms with van der Waals surface area (Å²) in [5.41, 5.74) is 14.6. The maximum absolute atomic E-state index is 9.18. The Bertz CT molecular complexity index is 838. The highest BCUT2D eigenvalue weighted by Gasteiger charge is 2.19. The number of aryl methyl sites for hydroxylation is 1. The van der Waals surface area contributed by atoms with Crippen LogP contribution in [0.2, 0.25) is 0 Å². The van der Waals surface area contributed by atoms with Crippen molar-refractivity contribution >= 4 is 48.0 Å². The van der Waals surface area contributed by atoms with Gasteiger partial charge in [-0.2, -0.15) is 10.2 Å². The molecule has 0 amide bonds. The summed E-state index contributed by atoms with van der Waals surface area (Å²) in [4.78, 5) is 11.6. The summed E-state index contributed by atoms with van der Waals surface area (Å²) in [5, 5.41) is 12.4. The first-order valence-electron chi connectivity index (χ1n) is 9.54. The van der Waals surface area contributed by atoms with E-state index in [4.69, 9.17) is 16.5 Å². The Kier molecular flexibility index (Phi) is 9.96. The fourth-order valence-corrected chi connectivity index (χ4v) is 3.26. The van der Waals surface area contributed by atoms with Gasteiger partial charge in [0.15, 0.2) is 0 Å². The number of rotatable bonds is 6. The number of anilines is 4. The largest absolute Gasteiger partial charge is 0.398 e. The van der Waals surface area contributed by atoms with Crippen molar-refractivity contribution < 1.29 is 0 Å². The molecule has 158 valence electrons. The average Bonchev–Trinajstić information content (AvgIpc) is 2.67. The number of nitrogen functional groups attached to an aromatic ring is 1. The molecule has 1 unspecified atom stereocenters. The Morgan fingerprint density at radius 2 is 2.07 bits per heavy atom. The molecule has 1 aliphatic rings. The summed E-state index contributed by atoms with van der Waals surface area (Å²) in [7, 11) is 0. The predicted octanol–water partition coefficient (Wildman–Crippen LogP) is 3.79. The number of nitriles is 1. The summed E-state index contributed by atoms with van der Waals surface area (Å²) >= 11 is 0. The molecule has 3 rings (SSSR count). The minimum atomic E-state index is 0. The van der Waals surface area contributed by atoms with Crippen LogP contribution in [0.3, 0.4) is 0 Å².